The van der Waals surface area contributed by atoms with Crippen LogP contribution in [0.15, 0.2) is 52.3 Å². The molecule has 0 saturated carbocycles. The van der Waals surface area contributed by atoms with Gasteiger partial charge in [-0.3, -0.25) is 4.79 Å². The van der Waals surface area contributed by atoms with Crippen LogP contribution in [0, 0.1) is 0 Å². The standard InChI is InChI=1S/C18H14BrNO3S/c1-22-17-7-4-13(19)8-16(17)18-20-14(11-24-18)10-23-15-5-2-12(9-21)3-6-15/h2-9,11H,10H2,1H3. The van der Waals surface area contributed by atoms with E-state index in [9.17, 15) is 4.79 Å². The molecule has 0 radical (unpaired) electrons. The van der Waals surface area contributed by atoms with E-state index < -0.39 is 0 Å². The lowest BCUT2D eigenvalue weighted by molar-refractivity contribution is 0.112. The predicted molar refractivity (Wildman–Crippen MR) is 98.0 cm³/mol. The number of carbonyl (C=O) groups excluding carboxylic acids is 1. The summed E-state index contributed by atoms with van der Waals surface area (Å²) >= 11 is 5.02. The van der Waals surface area contributed by atoms with Crippen molar-refractivity contribution in [3.8, 4) is 22.1 Å². The van der Waals surface area contributed by atoms with Crippen LogP contribution in [-0.2, 0) is 6.61 Å². The van der Waals surface area contributed by atoms with Gasteiger partial charge in [0, 0.05) is 15.4 Å². The summed E-state index contributed by atoms with van der Waals surface area (Å²) in [5.41, 5.74) is 2.41. The predicted octanol–water partition coefficient (Wildman–Crippen LogP) is 4.97. The number of halogens is 1. The first-order chi connectivity index (χ1) is 11.7. The van der Waals surface area contributed by atoms with Crippen molar-refractivity contribution in [3.63, 3.8) is 0 Å². The molecular formula is C18H14BrNO3S. The molecule has 0 spiro atoms. The van der Waals surface area contributed by atoms with Crippen LogP contribution in [0.25, 0.3) is 10.6 Å². The maximum atomic E-state index is 10.6. The molecule has 122 valence electrons. The maximum absolute atomic E-state index is 10.6. The van der Waals surface area contributed by atoms with Crippen LogP contribution in [0.3, 0.4) is 0 Å². The Morgan fingerprint density at radius 1 is 1.21 bits per heavy atom. The summed E-state index contributed by atoms with van der Waals surface area (Å²) < 4.78 is 12.1. The third-order valence-corrected chi connectivity index (χ3v) is 4.76. The molecule has 0 N–H and O–H groups in total. The molecule has 6 heteroatoms. The molecule has 24 heavy (non-hydrogen) atoms. The Labute approximate surface area is 152 Å². The van der Waals surface area contributed by atoms with Gasteiger partial charge in [0.25, 0.3) is 0 Å². The van der Waals surface area contributed by atoms with Crippen LogP contribution >= 0.6 is 27.3 Å². The first-order valence-corrected chi connectivity index (χ1v) is 8.83. The second-order valence-electron chi connectivity index (χ2n) is 4.96. The van der Waals surface area contributed by atoms with Crippen molar-refractivity contribution in [2.24, 2.45) is 0 Å². The molecule has 4 nitrogen and oxygen atoms in total. The highest BCUT2D eigenvalue weighted by atomic mass is 79.9. The van der Waals surface area contributed by atoms with Gasteiger partial charge in [-0.15, -0.1) is 11.3 Å². The van der Waals surface area contributed by atoms with E-state index >= 15 is 0 Å². The van der Waals surface area contributed by atoms with E-state index in [4.69, 9.17) is 9.47 Å². The molecule has 0 atom stereocenters. The maximum Gasteiger partial charge on any atom is 0.150 e. The summed E-state index contributed by atoms with van der Waals surface area (Å²) in [4.78, 5) is 15.3. The van der Waals surface area contributed by atoms with Gasteiger partial charge in [0.05, 0.1) is 18.4 Å². The topological polar surface area (TPSA) is 48.4 Å². The van der Waals surface area contributed by atoms with E-state index in [0.29, 0.717) is 17.9 Å². The highest BCUT2D eigenvalue weighted by Crippen LogP contribution is 2.34. The highest BCUT2D eigenvalue weighted by molar-refractivity contribution is 9.10. The van der Waals surface area contributed by atoms with Crippen molar-refractivity contribution in [1.82, 2.24) is 4.98 Å². The Kier molecular flexibility index (Phi) is 5.27. The number of benzene rings is 2. The largest absolute Gasteiger partial charge is 0.496 e. The third kappa shape index (κ3) is 3.83. The number of hydrogen-bond donors (Lipinski definition) is 0. The normalized spacial score (nSPS) is 10.4. The molecule has 0 bridgehead atoms. The summed E-state index contributed by atoms with van der Waals surface area (Å²) in [6, 6.07) is 12.8. The number of aromatic nitrogens is 1. The monoisotopic (exact) mass is 403 g/mol. The van der Waals surface area contributed by atoms with Crippen LogP contribution in [0.5, 0.6) is 11.5 Å². The Balaban J connectivity index is 1.73. The second-order valence-corrected chi connectivity index (χ2v) is 6.74. The molecule has 1 aromatic heterocycles. The molecule has 1 heterocycles. The van der Waals surface area contributed by atoms with Gasteiger partial charge in [0.1, 0.15) is 29.4 Å². The Hall–Kier alpha value is -2.18. The number of rotatable bonds is 6. The quantitative estimate of drug-likeness (QED) is 0.544. The van der Waals surface area contributed by atoms with Crippen molar-refractivity contribution in [1.29, 1.82) is 0 Å². The zero-order valence-corrected chi connectivity index (χ0v) is 15.3. The smallest absolute Gasteiger partial charge is 0.150 e. The van der Waals surface area contributed by atoms with Gasteiger partial charge in [-0.1, -0.05) is 15.9 Å². The number of hydrogen-bond acceptors (Lipinski definition) is 5. The van der Waals surface area contributed by atoms with Crippen LogP contribution in [0.2, 0.25) is 0 Å². The molecule has 0 aliphatic rings. The summed E-state index contributed by atoms with van der Waals surface area (Å²) in [7, 11) is 1.65. The number of methoxy groups -OCH3 is 1. The van der Waals surface area contributed by atoms with Crippen molar-refractivity contribution in [3.05, 3.63) is 63.6 Å². The average molecular weight is 404 g/mol. The fraction of sp³-hybridized carbons (Fsp3) is 0.111. The average Bonchev–Trinajstić information content (AvgIpc) is 3.09. The lowest BCUT2D eigenvalue weighted by atomic mass is 10.2. The molecule has 0 aliphatic carbocycles. The molecule has 0 saturated heterocycles. The van der Waals surface area contributed by atoms with Gasteiger partial charge >= 0.3 is 0 Å². The lowest BCUT2D eigenvalue weighted by Gasteiger charge is -2.06. The summed E-state index contributed by atoms with van der Waals surface area (Å²) in [5, 5.41) is 2.85. The number of nitrogens with zero attached hydrogens (tertiary/aromatic N) is 1. The molecule has 0 aliphatic heterocycles. The lowest BCUT2D eigenvalue weighted by Crippen LogP contribution is -1.96. The summed E-state index contributed by atoms with van der Waals surface area (Å²) in [6.45, 7) is 0.368. The van der Waals surface area contributed by atoms with Gasteiger partial charge < -0.3 is 9.47 Å². The van der Waals surface area contributed by atoms with Gasteiger partial charge in [0.15, 0.2) is 0 Å². The first-order valence-electron chi connectivity index (χ1n) is 7.16. The van der Waals surface area contributed by atoms with Crippen LogP contribution in [0.4, 0.5) is 0 Å². The Morgan fingerprint density at radius 3 is 2.71 bits per heavy atom. The van der Waals surface area contributed by atoms with Crippen LogP contribution in [-0.4, -0.2) is 18.4 Å². The number of ether oxygens (including phenoxy) is 2. The second kappa shape index (κ2) is 7.59. The van der Waals surface area contributed by atoms with Crippen molar-refractivity contribution >= 4 is 33.6 Å². The Morgan fingerprint density at radius 2 is 2.00 bits per heavy atom. The molecule has 0 fully saturated rings. The summed E-state index contributed by atoms with van der Waals surface area (Å²) in [6.07, 6.45) is 0.807. The van der Waals surface area contributed by atoms with Crippen LogP contribution in [0.1, 0.15) is 16.1 Å². The first kappa shape index (κ1) is 16.7. The number of aldehydes is 1. The highest BCUT2D eigenvalue weighted by Gasteiger charge is 2.11. The van der Waals surface area contributed by atoms with E-state index in [0.717, 1.165) is 32.8 Å². The molecular weight excluding hydrogens is 390 g/mol. The molecule has 3 aromatic rings. The minimum Gasteiger partial charge on any atom is -0.496 e. The van der Waals surface area contributed by atoms with Crippen molar-refractivity contribution in [2.75, 3.05) is 7.11 Å². The number of thiazole rings is 1. The SMILES string of the molecule is COc1ccc(Br)cc1-c1nc(COc2ccc(C=O)cc2)cs1. The molecule has 3 rings (SSSR count). The fourth-order valence-electron chi connectivity index (χ4n) is 2.14. The van der Waals surface area contributed by atoms with E-state index in [-0.39, 0.29) is 0 Å². The molecule has 0 unspecified atom stereocenters. The zero-order valence-electron chi connectivity index (χ0n) is 12.9. The van der Waals surface area contributed by atoms with E-state index in [1.54, 1.807) is 42.7 Å². The number of carbonyl (C=O) groups is 1. The Bertz CT molecular complexity index is 846. The van der Waals surface area contributed by atoms with Gasteiger partial charge in [-0.2, -0.15) is 0 Å². The van der Waals surface area contributed by atoms with Crippen LogP contribution < -0.4 is 9.47 Å². The minimum absolute atomic E-state index is 0.368. The van der Waals surface area contributed by atoms with E-state index in [1.165, 1.54) is 0 Å². The minimum atomic E-state index is 0.368. The third-order valence-electron chi connectivity index (χ3n) is 3.35. The van der Waals surface area contributed by atoms with E-state index in [2.05, 4.69) is 20.9 Å². The van der Waals surface area contributed by atoms with Gasteiger partial charge in [-0.25, -0.2) is 4.98 Å². The summed E-state index contributed by atoms with van der Waals surface area (Å²) in [5.74, 6) is 1.49. The van der Waals surface area contributed by atoms with Crippen molar-refractivity contribution in [2.45, 2.75) is 6.61 Å². The molecule has 2 aromatic carbocycles. The van der Waals surface area contributed by atoms with E-state index in [1.807, 2.05) is 23.6 Å². The van der Waals surface area contributed by atoms with Gasteiger partial charge in [-0.05, 0) is 42.5 Å². The molecule has 0 amide bonds. The van der Waals surface area contributed by atoms with Crippen molar-refractivity contribution < 1.29 is 14.3 Å². The van der Waals surface area contributed by atoms with Gasteiger partial charge in [0.2, 0.25) is 0 Å². The fourth-order valence-corrected chi connectivity index (χ4v) is 3.33. The zero-order chi connectivity index (χ0) is 16.9.